The number of aliphatic imine (C=N–C) groups is 1. The van der Waals surface area contributed by atoms with Crippen LogP contribution in [-0.4, -0.2) is 46.6 Å². The lowest BCUT2D eigenvalue weighted by atomic mass is 10.1. The minimum absolute atomic E-state index is 0.424. The summed E-state index contributed by atoms with van der Waals surface area (Å²) in [4.78, 5) is 11.7. The number of nitrogens with zero attached hydrogens (tertiary/aromatic N) is 4. The summed E-state index contributed by atoms with van der Waals surface area (Å²) in [6, 6.07) is 11.6. The number of benzene rings is 1. The SMILES string of the molecule is CN=C(NCc1cn2c(n1)CCCC2)NC1CCN(C(C)c2ccccc2)C1. The molecule has 1 aromatic heterocycles. The van der Waals surface area contributed by atoms with E-state index in [1.807, 2.05) is 7.05 Å². The van der Waals surface area contributed by atoms with Crippen LogP contribution in [0.4, 0.5) is 0 Å². The van der Waals surface area contributed by atoms with Crippen molar-refractivity contribution in [3.63, 3.8) is 0 Å². The number of aryl methyl sites for hydroxylation is 2. The minimum Gasteiger partial charge on any atom is -0.352 e. The second-order valence-corrected chi connectivity index (χ2v) is 7.94. The average Bonchev–Trinajstić information content (AvgIpc) is 3.37. The van der Waals surface area contributed by atoms with Gasteiger partial charge in [-0.2, -0.15) is 0 Å². The van der Waals surface area contributed by atoms with Gasteiger partial charge in [-0.3, -0.25) is 9.89 Å². The molecular weight excluding hydrogens is 348 g/mol. The van der Waals surface area contributed by atoms with Crippen LogP contribution in [0.5, 0.6) is 0 Å². The van der Waals surface area contributed by atoms with Crippen LogP contribution in [0.3, 0.4) is 0 Å². The normalized spacial score (nSPS) is 21.4. The predicted octanol–water partition coefficient (Wildman–Crippen LogP) is 2.72. The number of imidazole rings is 1. The summed E-state index contributed by atoms with van der Waals surface area (Å²) < 4.78 is 2.30. The second kappa shape index (κ2) is 8.78. The Balaban J connectivity index is 1.28. The molecular formula is C22H32N6. The van der Waals surface area contributed by atoms with Crippen molar-refractivity contribution in [1.82, 2.24) is 25.1 Å². The van der Waals surface area contributed by atoms with Gasteiger partial charge in [-0.1, -0.05) is 30.3 Å². The molecule has 0 bridgehead atoms. The number of guanidine groups is 1. The Morgan fingerprint density at radius 3 is 2.89 bits per heavy atom. The zero-order valence-corrected chi connectivity index (χ0v) is 17.1. The van der Waals surface area contributed by atoms with E-state index in [4.69, 9.17) is 4.98 Å². The molecule has 0 radical (unpaired) electrons. The third-order valence-electron chi connectivity index (χ3n) is 6.01. The fourth-order valence-electron chi connectivity index (χ4n) is 4.32. The highest BCUT2D eigenvalue weighted by molar-refractivity contribution is 5.79. The van der Waals surface area contributed by atoms with Crippen molar-refractivity contribution in [1.29, 1.82) is 0 Å². The standard InChI is InChI=1S/C22H32N6/c1-17(18-8-4-3-5-9-18)27-13-11-19(15-27)26-22(23-2)24-14-20-16-28-12-7-6-10-21(28)25-20/h3-5,8-9,16-17,19H,6-7,10-15H2,1-2H3,(H2,23,24,26). The molecule has 6 nitrogen and oxygen atoms in total. The van der Waals surface area contributed by atoms with E-state index in [0.717, 1.165) is 50.7 Å². The van der Waals surface area contributed by atoms with Crippen LogP contribution >= 0.6 is 0 Å². The van der Waals surface area contributed by atoms with Gasteiger partial charge in [-0.25, -0.2) is 4.98 Å². The van der Waals surface area contributed by atoms with Gasteiger partial charge in [0.15, 0.2) is 5.96 Å². The fourth-order valence-corrected chi connectivity index (χ4v) is 4.32. The van der Waals surface area contributed by atoms with Crippen LogP contribution in [-0.2, 0) is 19.5 Å². The highest BCUT2D eigenvalue weighted by Crippen LogP contribution is 2.24. The molecule has 2 aromatic rings. The first-order chi connectivity index (χ1) is 13.7. The van der Waals surface area contributed by atoms with E-state index in [1.165, 1.54) is 24.2 Å². The molecule has 2 aliphatic heterocycles. The molecule has 1 aromatic carbocycles. The third-order valence-corrected chi connectivity index (χ3v) is 6.01. The van der Waals surface area contributed by atoms with Crippen LogP contribution < -0.4 is 10.6 Å². The molecule has 2 aliphatic rings. The first-order valence-corrected chi connectivity index (χ1v) is 10.5. The molecule has 2 N–H and O–H groups in total. The van der Waals surface area contributed by atoms with Crippen molar-refractivity contribution >= 4 is 5.96 Å². The molecule has 1 fully saturated rings. The van der Waals surface area contributed by atoms with E-state index < -0.39 is 0 Å². The second-order valence-electron chi connectivity index (χ2n) is 7.94. The molecule has 0 spiro atoms. The summed E-state index contributed by atoms with van der Waals surface area (Å²) in [5.41, 5.74) is 2.49. The number of hydrogen-bond acceptors (Lipinski definition) is 3. The molecule has 0 saturated carbocycles. The molecule has 28 heavy (non-hydrogen) atoms. The van der Waals surface area contributed by atoms with E-state index in [0.29, 0.717) is 12.1 Å². The Hall–Kier alpha value is -2.34. The van der Waals surface area contributed by atoms with E-state index in [2.05, 4.69) is 68.5 Å². The molecule has 0 aliphatic carbocycles. The molecule has 2 atom stereocenters. The minimum atomic E-state index is 0.424. The Labute approximate surface area is 168 Å². The maximum Gasteiger partial charge on any atom is 0.191 e. The van der Waals surface area contributed by atoms with E-state index in [9.17, 15) is 0 Å². The van der Waals surface area contributed by atoms with E-state index in [-0.39, 0.29) is 0 Å². The number of likely N-dealkylation sites (tertiary alicyclic amines) is 1. The Kier molecular flexibility index (Phi) is 5.95. The molecule has 0 amide bonds. The summed E-state index contributed by atoms with van der Waals surface area (Å²) in [6.07, 6.45) is 6.94. The molecule has 3 heterocycles. The summed E-state index contributed by atoms with van der Waals surface area (Å²) in [5.74, 6) is 2.09. The van der Waals surface area contributed by atoms with Crippen LogP contribution in [0.15, 0.2) is 41.5 Å². The van der Waals surface area contributed by atoms with Gasteiger partial charge in [-0.05, 0) is 31.7 Å². The van der Waals surface area contributed by atoms with Crippen molar-refractivity contribution in [3.8, 4) is 0 Å². The van der Waals surface area contributed by atoms with Crippen molar-refractivity contribution in [2.75, 3.05) is 20.1 Å². The van der Waals surface area contributed by atoms with Crippen LogP contribution in [0, 0.1) is 0 Å². The van der Waals surface area contributed by atoms with Crippen molar-refractivity contribution in [2.24, 2.45) is 4.99 Å². The topological polar surface area (TPSA) is 57.5 Å². The first kappa shape index (κ1) is 19.0. The summed E-state index contributed by atoms with van der Waals surface area (Å²) in [5, 5.41) is 7.04. The zero-order chi connectivity index (χ0) is 19.3. The maximum atomic E-state index is 4.77. The number of aromatic nitrogens is 2. The molecule has 1 saturated heterocycles. The predicted molar refractivity (Wildman–Crippen MR) is 113 cm³/mol. The van der Waals surface area contributed by atoms with Crippen LogP contribution in [0.25, 0.3) is 0 Å². The van der Waals surface area contributed by atoms with Crippen molar-refractivity contribution in [3.05, 3.63) is 53.6 Å². The summed E-state index contributed by atoms with van der Waals surface area (Å²) in [7, 11) is 1.84. The molecule has 6 heteroatoms. The Morgan fingerprint density at radius 1 is 1.25 bits per heavy atom. The van der Waals surface area contributed by atoms with E-state index >= 15 is 0 Å². The van der Waals surface area contributed by atoms with Crippen molar-refractivity contribution in [2.45, 2.75) is 57.8 Å². The van der Waals surface area contributed by atoms with Gasteiger partial charge in [0.2, 0.25) is 0 Å². The van der Waals surface area contributed by atoms with Gasteiger partial charge < -0.3 is 15.2 Å². The maximum absolute atomic E-state index is 4.77. The number of fused-ring (bicyclic) bond motifs is 1. The largest absolute Gasteiger partial charge is 0.352 e. The quantitative estimate of drug-likeness (QED) is 0.619. The lowest BCUT2D eigenvalue weighted by molar-refractivity contribution is 0.258. The third kappa shape index (κ3) is 4.38. The highest BCUT2D eigenvalue weighted by Gasteiger charge is 2.27. The number of rotatable bonds is 5. The van der Waals surface area contributed by atoms with Gasteiger partial charge in [0.05, 0.1) is 12.2 Å². The number of nitrogens with one attached hydrogen (secondary N) is 2. The summed E-state index contributed by atoms with van der Waals surface area (Å²) in [6.45, 7) is 6.27. The van der Waals surface area contributed by atoms with Gasteiger partial charge in [-0.15, -0.1) is 0 Å². The van der Waals surface area contributed by atoms with E-state index in [1.54, 1.807) is 0 Å². The average molecular weight is 381 g/mol. The number of hydrogen-bond donors (Lipinski definition) is 2. The lowest BCUT2D eigenvalue weighted by Crippen LogP contribution is -2.44. The molecule has 150 valence electrons. The Bertz CT molecular complexity index is 773. The smallest absolute Gasteiger partial charge is 0.191 e. The van der Waals surface area contributed by atoms with Crippen LogP contribution in [0.2, 0.25) is 0 Å². The monoisotopic (exact) mass is 380 g/mol. The van der Waals surface area contributed by atoms with Gasteiger partial charge in [0, 0.05) is 51.4 Å². The molecule has 2 unspecified atom stereocenters. The van der Waals surface area contributed by atoms with Crippen LogP contribution in [0.1, 0.15) is 49.3 Å². The molecule has 4 rings (SSSR count). The highest BCUT2D eigenvalue weighted by atomic mass is 15.3. The first-order valence-electron chi connectivity index (χ1n) is 10.5. The van der Waals surface area contributed by atoms with Crippen molar-refractivity contribution < 1.29 is 0 Å². The lowest BCUT2D eigenvalue weighted by Gasteiger charge is -2.25. The fraction of sp³-hybridized carbons (Fsp3) is 0.545. The van der Waals surface area contributed by atoms with Gasteiger partial charge in [0.1, 0.15) is 5.82 Å². The van der Waals surface area contributed by atoms with Gasteiger partial charge in [0.25, 0.3) is 0 Å². The summed E-state index contributed by atoms with van der Waals surface area (Å²) >= 11 is 0. The van der Waals surface area contributed by atoms with Gasteiger partial charge >= 0.3 is 0 Å². The zero-order valence-electron chi connectivity index (χ0n) is 17.1. The Morgan fingerprint density at radius 2 is 2.11 bits per heavy atom.